The van der Waals surface area contributed by atoms with E-state index >= 15 is 0 Å². The average molecular weight is 249 g/mol. The van der Waals surface area contributed by atoms with Crippen molar-refractivity contribution in [1.29, 1.82) is 5.26 Å². The fourth-order valence-corrected chi connectivity index (χ4v) is 1.80. The van der Waals surface area contributed by atoms with Gasteiger partial charge in [0.05, 0.1) is 12.1 Å². The van der Waals surface area contributed by atoms with Crippen molar-refractivity contribution in [2.45, 2.75) is 13.8 Å². The van der Waals surface area contributed by atoms with Gasteiger partial charge in [-0.15, -0.1) is 0 Å². The van der Waals surface area contributed by atoms with E-state index in [1.165, 1.54) is 11.6 Å². The Kier molecular flexibility index (Phi) is 4.00. The van der Waals surface area contributed by atoms with Crippen molar-refractivity contribution in [3.63, 3.8) is 0 Å². The number of ether oxygens (including phenoxy) is 1. The van der Waals surface area contributed by atoms with Crippen LogP contribution in [0.15, 0.2) is 54.6 Å². The van der Waals surface area contributed by atoms with E-state index in [-0.39, 0.29) is 0 Å². The molecule has 0 radical (unpaired) electrons. The van der Waals surface area contributed by atoms with E-state index in [0.717, 1.165) is 16.9 Å². The lowest BCUT2D eigenvalue weighted by molar-refractivity contribution is 0.514. The second kappa shape index (κ2) is 5.88. The van der Waals surface area contributed by atoms with Crippen molar-refractivity contribution in [2.24, 2.45) is 0 Å². The fourth-order valence-electron chi connectivity index (χ4n) is 1.80. The average Bonchev–Trinajstić information content (AvgIpc) is 2.41. The lowest BCUT2D eigenvalue weighted by atomic mass is 10.1. The van der Waals surface area contributed by atoms with Crippen LogP contribution in [0.3, 0.4) is 0 Å². The van der Waals surface area contributed by atoms with Gasteiger partial charge in [-0.05, 0) is 31.5 Å². The van der Waals surface area contributed by atoms with Crippen LogP contribution < -0.4 is 4.74 Å². The third-order valence-electron chi connectivity index (χ3n) is 2.85. The third-order valence-corrected chi connectivity index (χ3v) is 2.85. The molecule has 0 fully saturated rings. The van der Waals surface area contributed by atoms with Gasteiger partial charge in [0.2, 0.25) is 0 Å². The van der Waals surface area contributed by atoms with Crippen LogP contribution in [0.25, 0.3) is 5.76 Å². The van der Waals surface area contributed by atoms with Crippen molar-refractivity contribution < 1.29 is 4.74 Å². The van der Waals surface area contributed by atoms with Gasteiger partial charge in [-0.1, -0.05) is 42.0 Å². The van der Waals surface area contributed by atoms with Gasteiger partial charge in [0.1, 0.15) is 11.5 Å². The Morgan fingerprint density at radius 3 is 2.37 bits per heavy atom. The SMILES string of the molecule is Cc1ccc(OC(=CC#N)c2ccccc2C)cc1. The van der Waals surface area contributed by atoms with Crippen LogP contribution in [-0.2, 0) is 0 Å². The van der Waals surface area contributed by atoms with E-state index in [2.05, 4.69) is 0 Å². The van der Waals surface area contributed by atoms with Gasteiger partial charge in [-0.25, -0.2) is 0 Å². The number of benzene rings is 2. The van der Waals surface area contributed by atoms with Crippen LogP contribution in [0.2, 0.25) is 0 Å². The number of aryl methyl sites for hydroxylation is 2. The molecule has 0 atom stereocenters. The summed E-state index contributed by atoms with van der Waals surface area (Å²) in [5.41, 5.74) is 3.19. The summed E-state index contributed by atoms with van der Waals surface area (Å²) in [6.45, 7) is 4.02. The Morgan fingerprint density at radius 2 is 1.74 bits per heavy atom. The molecule has 2 aromatic rings. The second-order valence-corrected chi connectivity index (χ2v) is 4.37. The molecule has 0 unspecified atom stereocenters. The highest BCUT2D eigenvalue weighted by molar-refractivity contribution is 5.66. The van der Waals surface area contributed by atoms with Gasteiger partial charge in [-0.2, -0.15) is 5.26 Å². The van der Waals surface area contributed by atoms with Gasteiger partial charge >= 0.3 is 0 Å². The number of nitrogens with zero attached hydrogens (tertiary/aromatic N) is 1. The van der Waals surface area contributed by atoms with Gasteiger partial charge < -0.3 is 4.74 Å². The summed E-state index contributed by atoms with van der Waals surface area (Å²) in [5.74, 6) is 1.31. The number of nitriles is 1. The van der Waals surface area contributed by atoms with Gasteiger partial charge in [0.15, 0.2) is 0 Å². The van der Waals surface area contributed by atoms with Gasteiger partial charge in [0, 0.05) is 5.56 Å². The summed E-state index contributed by atoms with van der Waals surface area (Å²) in [5, 5.41) is 8.90. The highest BCUT2D eigenvalue weighted by Crippen LogP contribution is 2.23. The fraction of sp³-hybridized carbons (Fsp3) is 0.118. The van der Waals surface area contributed by atoms with Crippen LogP contribution in [-0.4, -0.2) is 0 Å². The van der Waals surface area contributed by atoms with E-state index in [1.54, 1.807) is 0 Å². The molecular formula is C17H15NO. The Morgan fingerprint density at radius 1 is 1.05 bits per heavy atom. The first-order valence-corrected chi connectivity index (χ1v) is 6.11. The van der Waals surface area contributed by atoms with Crippen molar-refractivity contribution in [3.05, 3.63) is 71.3 Å². The predicted octanol–water partition coefficient (Wildman–Crippen LogP) is 4.25. The summed E-state index contributed by atoms with van der Waals surface area (Å²) >= 11 is 0. The molecule has 0 amide bonds. The maximum atomic E-state index is 8.90. The monoisotopic (exact) mass is 249 g/mol. The molecule has 2 aromatic carbocycles. The van der Waals surface area contributed by atoms with Crippen LogP contribution in [0.1, 0.15) is 16.7 Å². The smallest absolute Gasteiger partial charge is 0.145 e. The van der Waals surface area contributed by atoms with Crippen LogP contribution in [0, 0.1) is 25.2 Å². The molecule has 0 saturated heterocycles. The molecule has 0 aromatic heterocycles. The minimum Gasteiger partial charge on any atom is -0.456 e. The number of allylic oxidation sites excluding steroid dienone is 1. The molecule has 19 heavy (non-hydrogen) atoms. The lowest BCUT2D eigenvalue weighted by Gasteiger charge is -2.11. The molecule has 0 saturated carbocycles. The quantitative estimate of drug-likeness (QED) is 0.602. The Bertz CT molecular complexity index is 633. The van der Waals surface area contributed by atoms with E-state index in [9.17, 15) is 0 Å². The van der Waals surface area contributed by atoms with Gasteiger partial charge in [0.25, 0.3) is 0 Å². The zero-order valence-corrected chi connectivity index (χ0v) is 11.1. The normalized spacial score (nSPS) is 10.9. The first-order valence-electron chi connectivity index (χ1n) is 6.11. The predicted molar refractivity (Wildman–Crippen MR) is 76.6 cm³/mol. The molecule has 0 aliphatic heterocycles. The van der Waals surface area contributed by atoms with Crippen LogP contribution in [0.4, 0.5) is 0 Å². The highest BCUT2D eigenvalue weighted by Gasteiger charge is 2.07. The van der Waals surface area contributed by atoms with E-state index < -0.39 is 0 Å². The van der Waals surface area contributed by atoms with Crippen molar-refractivity contribution in [1.82, 2.24) is 0 Å². The maximum absolute atomic E-state index is 8.90. The minimum absolute atomic E-state index is 0.574. The zero-order valence-electron chi connectivity index (χ0n) is 11.1. The molecule has 0 aliphatic rings. The van der Waals surface area contributed by atoms with E-state index in [0.29, 0.717) is 5.76 Å². The largest absolute Gasteiger partial charge is 0.456 e. The van der Waals surface area contributed by atoms with Gasteiger partial charge in [-0.3, -0.25) is 0 Å². The molecule has 0 bridgehead atoms. The standard InChI is InChI=1S/C17H15NO/c1-13-7-9-15(10-8-13)19-17(11-12-18)16-6-4-3-5-14(16)2/h3-11H,1-2H3. The number of hydrogen-bond acceptors (Lipinski definition) is 2. The topological polar surface area (TPSA) is 33.0 Å². The van der Waals surface area contributed by atoms with Crippen molar-refractivity contribution >= 4 is 5.76 Å². The number of hydrogen-bond donors (Lipinski definition) is 0. The molecule has 2 nitrogen and oxygen atoms in total. The number of rotatable bonds is 3. The third kappa shape index (κ3) is 3.23. The second-order valence-electron chi connectivity index (χ2n) is 4.37. The molecule has 0 spiro atoms. The molecule has 0 N–H and O–H groups in total. The summed E-state index contributed by atoms with van der Waals surface area (Å²) < 4.78 is 5.82. The van der Waals surface area contributed by atoms with Crippen molar-refractivity contribution in [2.75, 3.05) is 0 Å². The first-order chi connectivity index (χ1) is 9.20. The molecule has 2 heteroatoms. The highest BCUT2D eigenvalue weighted by atomic mass is 16.5. The summed E-state index contributed by atoms with van der Waals surface area (Å²) in [4.78, 5) is 0. The maximum Gasteiger partial charge on any atom is 0.145 e. The molecule has 0 heterocycles. The molecule has 94 valence electrons. The molecule has 2 rings (SSSR count). The van der Waals surface area contributed by atoms with E-state index in [1.807, 2.05) is 68.4 Å². The minimum atomic E-state index is 0.574. The Hall–Kier alpha value is -2.53. The Balaban J connectivity index is 2.33. The zero-order chi connectivity index (χ0) is 13.7. The van der Waals surface area contributed by atoms with Crippen LogP contribution >= 0.6 is 0 Å². The summed E-state index contributed by atoms with van der Waals surface area (Å²) in [6.07, 6.45) is 1.43. The summed E-state index contributed by atoms with van der Waals surface area (Å²) in [7, 11) is 0. The lowest BCUT2D eigenvalue weighted by Crippen LogP contribution is -1.97. The Labute approximate surface area is 113 Å². The van der Waals surface area contributed by atoms with E-state index in [4.69, 9.17) is 10.00 Å². The summed E-state index contributed by atoms with van der Waals surface area (Å²) in [6, 6.07) is 17.7. The van der Waals surface area contributed by atoms with Crippen LogP contribution in [0.5, 0.6) is 5.75 Å². The molecule has 0 aliphatic carbocycles. The van der Waals surface area contributed by atoms with Crippen molar-refractivity contribution in [3.8, 4) is 11.8 Å². The first kappa shape index (κ1) is 12.9. The molecular weight excluding hydrogens is 234 g/mol.